The van der Waals surface area contributed by atoms with Crippen LogP contribution in [0.15, 0.2) is 0 Å². The first-order chi connectivity index (χ1) is 5.03. The Morgan fingerprint density at radius 3 is 2.09 bits per heavy atom. The monoisotopic (exact) mass is 152 g/mol. The molecule has 3 aliphatic rings. The lowest BCUT2D eigenvalue weighted by molar-refractivity contribution is -0.124. The standard InChI is InChI=1S/C11H20/c1-7-5-9-6-10(8(7)2)11(9,3)4/h7-10H,5-6H2,1-4H3/t7-,8-,9-,10-/m0/s1. The smallest absolute Gasteiger partial charge is 0.0295 e. The van der Waals surface area contributed by atoms with Gasteiger partial charge in [-0.25, -0.2) is 0 Å². The second-order valence-corrected chi connectivity index (χ2v) is 5.43. The van der Waals surface area contributed by atoms with Gasteiger partial charge in [-0.15, -0.1) is 0 Å². The van der Waals surface area contributed by atoms with Crippen molar-refractivity contribution in [1.29, 1.82) is 0 Å². The quantitative estimate of drug-likeness (QED) is 0.499. The number of hydrogen-bond donors (Lipinski definition) is 0. The third-order valence-corrected chi connectivity index (χ3v) is 4.73. The van der Waals surface area contributed by atoms with E-state index in [4.69, 9.17) is 0 Å². The van der Waals surface area contributed by atoms with Gasteiger partial charge >= 0.3 is 0 Å². The van der Waals surface area contributed by atoms with Gasteiger partial charge in [0.2, 0.25) is 0 Å². The molecule has 3 aliphatic carbocycles. The third-order valence-electron chi connectivity index (χ3n) is 4.73. The largest absolute Gasteiger partial charge is 0.0622 e. The first kappa shape index (κ1) is 7.64. The molecule has 0 spiro atoms. The van der Waals surface area contributed by atoms with Gasteiger partial charge in [0.25, 0.3) is 0 Å². The van der Waals surface area contributed by atoms with Gasteiger partial charge in [-0.05, 0) is 41.9 Å². The summed E-state index contributed by atoms with van der Waals surface area (Å²) in [6.45, 7) is 9.81. The number of hydrogen-bond acceptors (Lipinski definition) is 0. The van der Waals surface area contributed by atoms with Crippen LogP contribution in [-0.4, -0.2) is 0 Å². The summed E-state index contributed by atoms with van der Waals surface area (Å²) >= 11 is 0. The minimum Gasteiger partial charge on any atom is -0.0622 e. The molecular weight excluding hydrogens is 132 g/mol. The molecule has 0 aromatic carbocycles. The van der Waals surface area contributed by atoms with Crippen LogP contribution in [0.3, 0.4) is 0 Å². The second-order valence-electron chi connectivity index (χ2n) is 5.43. The second kappa shape index (κ2) is 2.02. The van der Waals surface area contributed by atoms with Crippen molar-refractivity contribution in [3.8, 4) is 0 Å². The van der Waals surface area contributed by atoms with E-state index >= 15 is 0 Å². The van der Waals surface area contributed by atoms with E-state index in [2.05, 4.69) is 27.7 Å². The minimum atomic E-state index is 0.686. The molecule has 0 amide bonds. The molecule has 3 rings (SSSR count). The van der Waals surface area contributed by atoms with E-state index in [1.165, 1.54) is 12.8 Å². The summed E-state index contributed by atoms with van der Waals surface area (Å²) in [5.41, 5.74) is 0.686. The Balaban J connectivity index is 2.17. The first-order valence-corrected chi connectivity index (χ1v) is 5.03. The first-order valence-electron chi connectivity index (χ1n) is 5.03. The number of rotatable bonds is 0. The Hall–Kier alpha value is 0. The molecule has 3 fully saturated rings. The highest BCUT2D eigenvalue weighted by atomic mass is 14.6. The van der Waals surface area contributed by atoms with Crippen LogP contribution in [0.2, 0.25) is 0 Å². The number of fused-ring (bicyclic) bond motifs is 2. The average molecular weight is 152 g/mol. The van der Waals surface area contributed by atoms with Crippen molar-refractivity contribution in [2.75, 3.05) is 0 Å². The predicted molar refractivity (Wildman–Crippen MR) is 48.3 cm³/mol. The van der Waals surface area contributed by atoms with Gasteiger partial charge in [-0.1, -0.05) is 27.7 Å². The Morgan fingerprint density at radius 1 is 1.09 bits per heavy atom. The SMILES string of the molecule is C[C@H]1[C@@H](C)C[C@H]2C[C@@H]1C2(C)C. The molecule has 3 saturated carbocycles. The molecule has 0 N–H and O–H groups in total. The summed E-state index contributed by atoms with van der Waals surface area (Å²) in [4.78, 5) is 0. The maximum absolute atomic E-state index is 2.47. The zero-order valence-corrected chi connectivity index (χ0v) is 8.22. The van der Waals surface area contributed by atoms with Crippen molar-refractivity contribution in [3.63, 3.8) is 0 Å². The summed E-state index contributed by atoms with van der Waals surface area (Å²) in [5, 5.41) is 0. The van der Waals surface area contributed by atoms with Gasteiger partial charge in [-0.3, -0.25) is 0 Å². The summed E-state index contributed by atoms with van der Waals surface area (Å²) in [7, 11) is 0. The normalized spacial score (nSPS) is 53.5. The molecule has 0 saturated heterocycles. The van der Waals surface area contributed by atoms with E-state index in [-0.39, 0.29) is 0 Å². The lowest BCUT2D eigenvalue weighted by atomic mass is 9.44. The van der Waals surface area contributed by atoms with Gasteiger partial charge in [0.05, 0.1) is 0 Å². The summed E-state index contributed by atoms with van der Waals surface area (Å²) in [5.74, 6) is 4.07. The fraction of sp³-hybridized carbons (Fsp3) is 1.00. The van der Waals surface area contributed by atoms with Crippen LogP contribution in [0.25, 0.3) is 0 Å². The molecule has 0 unspecified atom stereocenters. The van der Waals surface area contributed by atoms with Crippen LogP contribution < -0.4 is 0 Å². The molecular formula is C11H20. The molecule has 0 heterocycles. The molecule has 0 radical (unpaired) electrons. The van der Waals surface area contributed by atoms with E-state index in [0.29, 0.717) is 5.41 Å². The van der Waals surface area contributed by atoms with Crippen molar-refractivity contribution in [2.45, 2.75) is 40.5 Å². The van der Waals surface area contributed by atoms with Crippen molar-refractivity contribution in [2.24, 2.45) is 29.1 Å². The van der Waals surface area contributed by atoms with Crippen molar-refractivity contribution in [1.82, 2.24) is 0 Å². The fourth-order valence-corrected chi connectivity index (χ4v) is 3.41. The summed E-state index contributed by atoms with van der Waals surface area (Å²) in [6.07, 6.45) is 3.02. The predicted octanol–water partition coefficient (Wildman–Crippen LogP) is 3.32. The molecule has 0 aliphatic heterocycles. The molecule has 2 bridgehead atoms. The lowest BCUT2D eigenvalue weighted by Gasteiger charge is -2.61. The van der Waals surface area contributed by atoms with Gasteiger partial charge < -0.3 is 0 Å². The van der Waals surface area contributed by atoms with Gasteiger partial charge in [0.15, 0.2) is 0 Å². The fourth-order valence-electron chi connectivity index (χ4n) is 3.41. The maximum atomic E-state index is 2.47. The average Bonchev–Trinajstić information content (AvgIpc) is 1.93. The topological polar surface area (TPSA) is 0 Å². The highest BCUT2D eigenvalue weighted by Gasteiger charge is 2.54. The summed E-state index contributed by atoms with van der Waals surface area (Å²) in [6, 6.07) is 0. The Bertz CT molecular complexity index is 169. The summed E-state index contributed by atoms with van der Waals surface area (Å²) < 4.78 is 0. The highest BCUT2D eigenvalue weighted by molar-refractivity contribution is 5.03. The molecule has 0 nitrogen and oxygen atoms in total. The Kier molecular flexibility index (Phi) is 1.41. The van der Waals surface area contributed by atoms with Crippen molar-refractivity contribution in [3.05, 3.63) is 0 Å². The molecule has 11 heavy (non-hydrogen) atoms. The van der Waals surface area contributed by atoms with Gasteiger partial charge in [-0.2, -0.15) is 0 Å². The van der Waals surface area contributed by atoms with E-state index < -0.39 is 0 Å². The zero-order valence-electron chi connectivity index (χ0n) is 8.22. The van der Waals surface area contributed by atoms with E-state index in [1.807, 2.05) is 0 Å². The van der Waals surface area contributed by atoms with E-state index in [1.54, 1.807) is 0 Å². The molecule has 4 atom stereocenters. The highest BCUT2D eigenvalue weighted by Crippen LogP contribution is 2.62. The van der Waals surface area contributed by atoms with Crippen LogP contribution in [0, 0.1) is 29.1 Å². The third kappa shape index (κ3) is 0.816. The minimum absolute atomic E-state index is 0.686. The molecule has 0 aromatic rings. The zero-order chi connectivity index (χ0) is 8.22. The van der Waals surface area contributed by atoms with Gasteiger partial charge in [0.1, 0.15) is 0 Å². The maximum Gasteiger partial charge on any atom is -0.0295 e. The van der Waals surface area contributed by atoms with Crippen LogP contribution >= 0.6 is 0 Å². The molecule has 0 aromatic heterocycles. The van der Waals surface area contributed by atoms with E-state index in [0.717, 1.165) is 23.7 Å². The van der Waals surface area contributed by atoms with Crippen LogP contribution in [0.4, 0.5) is 0 Å². The van der Waals surface area contributed by atoms with Gasteiger partial charge in [0, 0.05) is 0 Å². The van der Waals surface area contributed by atoms with Crippen LogP contribution in [-0.2, 0) is 0 Å². The molecule has 64 valence electrons. The van der Waals surface area contributed by atoms with E-state index in [9.17, 15) is 0 Å². The lowest BCUT2D eigenvalue weighted by Crippen LogP contribution is -2.54. The van der Waals surface area contributed by atoms with Crippen molar-refractivity contribution >= 4 is 0 Å². The van der Waals surface area contributed by atoms with Crippen LogP contribution in [0.5, 0.6) is 0 Å². The Morgan fingerprint density at radius 2 is 1.73 bits per heavy atom. The van der Waals surface area contributed by atoms with Crippen molar-refractivity contribution < 1.29 is 0 Å². The van der Waals surface area contributed by atoms with Crippen LogP contribution in [0.1, 0.15) is 40.5 Å². The molecule has 0 heteroatoms. The Labute approximate surface area is 70.4 Å².